The lowest BCUT2D eigenvalue weighted by atomic mass is 9.99. The van der Waals surface area contributed by atoms with Crippen molar-refractivity contribution in [2.45, 2.75) is 11.8 Å². The van der Waals surface area contributed by atoms with E-state index in [9.17, 15) is 5.11 Å². The van der Waals surface area contributed by atoms with Gasteiger partial charge in [-0.3, -0.25) is 0 Å². The summed E-state index contributed by atoms with van der Waals surface area (Å²) in [6.07, 6.45) is 3.35. The van der Waals surface area contributed by atoms with Crippen molar-refractivity contribution in [1.82, 2.24) is 0 Å². The minimum Gasteiger partial charge on any atom is -0.508 e. The molecule has 4 nitrogen and oxygen atoms in total. The molecule has 62 valence electrons. The van der Waals surface area contributed by atoms with Crippen LogP contribution in [0.5, 0.6) is 0 Å². The Morgan fingerprint density at radius 2 is 2.33 bits per heavy atom. The molecule has 1 aliphatic carbocycles. The molecule has 1 heterocycles. The van der Waals surface area contributed by atoms with Gasteiger partial charge in [-0.05, 0) is 18.2 Å². The quantitative estimate of drug-likeness (QED) is 0.575. The monoisotopic (exact) mass is 183 g/mol. The maximum absolute atomic E-state index is 9.57. The number of hydrogen-bond donors (Lipinski definition) is 1. The SMILES string of the molecule is CC1(Cl)C=CC2=NN=NC2=C1O. The third-order valence-corrected chi connectivity index (χ3v) is 2.09. The zero-order chi connectivity index (χ0) is 8.77. The molecule has 0 aromatic rings. The van der Waals surface area contributed by atoms with Crippen LogP contribution in [0.15, 0.2) is 39.0 Å². The second kappa shape index (κ2) is 2.17. The van der Waals surface area contributed by atoms with Gasteiger partial charge in [0.25, 0.3) is 0 Å². The third kappa shape index (κ3) is 0.881. The van der Waals surface area contributed by atoms with E-state index in [1.165, 1.54) is 0 Å². The van der Waals surface area contributed by atoms with Gasteiger partial charge in [-0.25, -0.2) is 0 Å². The lowest BCUT2D eigenvalue weighted by molar-refractivity contribution is 0.369. The van der Waals surface area contributed by atoms with Crippen LogP contribution in [0.1, 0.15) is 6.92 Å². The van der Waals surface area contributed by atoms with Crippen molar-refractivity contribution in [1.29, 1.82) is 0 Å². The van der Waals surface area contributed by atoms with Crippen LogP contribution in [-0.2, 0) is 0 Å². The number of aliphatic hydroxyl groups excluding tert-OH is 1. The number of alkyl halides is 1. The molecule has 2 rings (SSSR count). The summed E-state index contributed by atoms with van der Waals surface area (Å²) in [5.74, 6) is 0.00617. The molecule has 0 saturated heterocycles. The van der Waals surface area contributed by atoms with Gasteiger partial charge in [0.05, 0.1) is 0 Å². The van der Waals surface area contributed by atoms with Crippen molar-refractivity contribution in [3.63, 3.8) is 0 Å². The first-order chi connectivity index (χ1) is 5.61. The highest BCUT2D eigenvalue weighted by atomic mass is 35.5. The highest BCUT2D eigenvalue weighted by molar-refractivity contribution is 6.29. The maximum Gasteiger partial charge on any atom is 0.155 e. The Bertz CT molecular complexity index is 352. The van der Waals surface area contributed by atoms with Crippen LogP contribution in [0, 0.1) is 0 Å². The van der Waals surface area contributed by atoms with E-state index >= 15 is 0 Å². The van der Waals surface area contributed by atoms with Crippen LogP contribution in [0.4, 0.5) is 0 Å². The first kappa shape index (κ1) is 7.49. The maximum atomic E-state index is 9.57. The first-order valence-corrected chi connectivity index (χ1v) is 3.80. The second-order valence-electron chi connectivity index (χ2n) is 2.78. The van der Waals surface area contributed by atoms with E-state index in [4.69, 9.17) is 11.6 Å². The Morgan fingerprint density at radius 1 is 1.58 bits per heavy atom. The molecule has 2 aliphatic rings. The molecule has 0 saturated carbocycles. The molecule has 12 heavy (non-hydrogen) atoms. The van der Waals surface area contributed by atoms with Gasteiger partial charge in [0.1, 0.15) is 16.3 Å². The van der Waals surface area contributed by atoms with Crippen molar-refractivity contribution in [2.75, 3.05) is 0 Å². The molecule has 0 bridgehead atoms. The van der Waals surface area contributed by atoms with Gasteiger partial charge in [-0.1, -0.05) is 6.08 Å². The number of allylic oxidation sites excluding steroid dienone is 2. The zero-order valence-corrected chi connectivity index (χ0v) is 7.08. The molecule has 0 fully saturated rings. The number of hydrogen-bond acceptors (Lipinski definition) is 4. The van der Waals surface area contributed by atoms with Crippen LogP contribution < -0.4 is 0 Å². The van der Waals surface area contributed by atoms with E-state index in [1.807, 2.05) is 0 Å². The molecule has 0 aromatic carbocycles. The van der Waals surface area contributed by atoms with Crippen molar-refractivity contribution in [3.05, 3.63) is 23.6 Å². The van der Waals surface area contributed by atoms with Crippen molar-refractivity contribution < 1.29 is 5.11 Å². The average molecular weight is 184 g/mol. The van der Waals surface area contributed by atoms with Gasteiger partial charge < -0.3 is 5.11 Å². The molecule has 1 atom stereocenters. The van der Waals surface area contributed by atoms with Gasteiger partial charge in [-0.15, -0.1) is 21.8 Å². The lowest BCUT2D eigenvalue weighted by Gasteiger charge is -2.20. The number of rotatable bonds is 0. The predicted molar refractivity (Wildman–Crippen MR) is 45.3 cm³/mol. The van der Waals surface area contributed by atoms with E-state index in [2.05, 4.69) is 15.4 Å². The molecule has 0 amide bonds. The fourth-order valence-corrected chi connectivity index (χ4v) is 1.19. The van der Waals surface area contributed by atoms with E-state index in [1.54, 1.807) is 19.1 Å². The summed E-state index contributed by atoms with van der Waals surface area (Å²) in [5.41, 5.74) is 0.931. The highest BCUT2D eigenvalue weighted by Gasteiger charge is 2.33. The summed E-state index contributed by atoms with van der Waals surface area (Å²) >= 11 is 5.94. The third-order valence-electron chi connectivity index (χ3n) is 1.78. The Morgan fingerprint density at radius 3 is 3.08 bits per heavy atom. The van der Waals surface area contributed by atoms with E-state index in [0.29, 0.717) is 11.4 Å². The van der Waals surface area contributed by atoms with Crippen LogP contribution >= 0.6 is 11.6 Å². The zero-order valence-electron chi connectivity index (χ0n) is 6.32. The van der Waals surface area contributed by atoms with E-state index < -0.39 is 4.87 Å². The number of halogens is 1. The van der Waals surface area contributed by atoms with Gasteiger partial charge in [0, 0.05) is 0 Å². The number of nitrogens with zero attached hydrogens (tertiary/aromatic N) is 3. The topological polar surface area (TPSA) is 57.3 Å². The first-order valence-electron chi connectivity index (χ1n) is 3.42. The summed E-state index contributed by atoms with van der Waals surface area (Å²) < 4.78 is 0. The molecule has 1 N–H and O–H groups in total. The molecule has 1 aliphatic heterocycles. The minimum absolute atomic E-state index is 0.00617. The molecular weight excluding hydrogens is 178 g/mol. The normalized spacial score (nSPS) is 32.3. The smallest absolute Gasteiger partial charge is 0.155 e. The summed E-state index contributed by atoms with van der Waals surface area (Å²) in [6.45, 7) is 1.68. The Labute approximate surface area is 73.9 Å². The molecule has 5 heteroatoms. The van der Waals surface area contributed by atoms with Crippen LogP contribution in [0.25, 0.3) is 0 Å². The molecule has 0 aromatic heterocycles. The molecule has 1 unspecified atom stereocenters. The van der Waals surface area contributed by atoms with Crippen LogP contribution in [0.3, 0.4) is 0 Å². The minimum atomic E-state index is -0.877. The predicted octanol–water partition coefficient (Wildman–Crippen LogP) is 2.15. The Kier molecular flexibility index (Phi) is 1.35. The summed E-state index contributed by atoms with van der Waals surface area (Å²) in [5, 5.41) is 20.3. The average Bonchev–Trinajstić information content (AvgIpc) is 2.45. The van der Waals surface area contributed by atoms with Crippen LogP contribution in [-0.4, -0.2) is 15.7 Å². The van der Waals surface area contributed by atoms with Crippen molar-refractivity contribution in [2.24, 2.45) is 15.4 Å². The van der Waals surface area contributed by atoms with E-state index in [-0.39, 0.29) is 5.76 Å². The largest absolute Gasteiger partial charge is 0.508 e. The van der Waals surface area contributed by atoms with Gasteiger partial charge in [0.15, 0.2) is 5.70 Å². The second-order valence-corrected chi connectivity index (χ2v) is 3.57. The van der Waals surface area contributed by atoms with Crippen molar-refractivity contribution in [3.8, 4) is 0 Å². The summed E-state index contributed by atoms with van der Waals surface area (Å²) in [6, 6.07) is 0. The van der Waals surface area contributed by atoms with Gasteiger partial charge in [0.2, 0.25) is 0 Å². The number of aliphatic hydroxyl groups is 1. The van der Waals surface area contributed by atoms with Crippen molar-refractivity contribution >= 4 is 17.3 Å². The van der Waals surface area contributed by atoms with Crippen LogP contribution in [0.2, 0.25) is 0 Å². The summed E-state index contributed by atoms with van der Waals surface area (Å²) in [4.78, 5) is -0.877. The van der Waals surface area contributed by atoms with Gasteiger partial charge >= 0.3 is 0 Å². The molecule has 0 spiro atoms. The fraction of sp³-hybridized carbons (Fsp3) is 0.286. The molecular formula is C7H6ClN3O. The Balaban J connectivity index is 2.57. The standard InChI is InChI=1S/C7H6ClN3O/c1-7(8)3-2-4-5(6(7)12)10-11-9-4/h2-3,12H,1H3. The summed E-state index contributed by atoms with van der Waals surface area (Å²) in [7, 11) is 0. The van der Waals surface area contributed by atoms with Gasteiger partial charge in [-0.2, -0.15) is 0 Å². The van der Waals surface area contributed by atoms with E-state index in [0.717, 1.165) is 0 Å². The number of fused-ring (bicyclic) bond motifs is 1. The highest BCUT2D eigenvalue weighted by Crippen LogP contribution is 2.33. The lowest BCUT2D eigenvalue weighted by Crippen LogP contribution is -2.23. The molecule has 0 radical (unpaired) electrons. The fourth-order valence-electron chi connectivity index (χ4n) is 1.04. The Hall–Kier alpha value is -1.16.